The molecule has 1 aromatic carbocycles. The summed E-state index contributed by atoms with van der Waals surface area (Å²) in [5, 5.41) is 0.992. The molecule has 19 heavy (non-hydrogen) atoms. The van der Waals surface area contributed by atoms with Gasteiger partial charge < -0.3 is 0 Å². The summed E-state index contributed by atoms with van der Waals surface area (Å²) in [5.74, 6) is 0.102. The Kier molecular flexibility index (Phi) is 3.21. The summed E-state index contributed by atoms with van der Waals surface area (Å²) < 4.78 is 0. The van der Waals surface area contributed by atoms with Crippen LogP contribution in [-0.4, -0.2) is 10.8 Å². The zero-order chi connectivity index (χ0) is 14.4. The minimum Gasteiger partial charge on any atom is -0.294 e. The summed E-state index contributed by atoms with van der Waals surface area (Å²) in [4.78, 5) is 16.7. The van der Waals surface area contributed by atoms with Crippen molar-refractivity contribution in [3.8, 4) is 0 Å². The highest BCUT2D eigenvalue weighted by molar-refractivity contribution is 6.07. The van der Waals surface area contributed by atoms with Gasteiger partial charge in [0.2, 0.25) is 0 Å². The van der Waals surface area contributed by atoms with Gasteiger partial charge in [-0.05, 0) is 44.0 Å². The van der Waals surface area contributed by atoms with Crippen LogP contribution in [0.1, 0.15) is 54.9 Å². The molecule has 2 aromatic rings. The van der Waals surface area contributed by atoms with E-state index in [-0.39, 0.29) is 11.2 Å². The van der Waals surface area contributed by atoms with Crippen LogP contribution >= 0.6 is 0 Å². The van der Waals surface area contributed by atoms with E-state index in [1.807, 2.05) is 13.0 Å². The van der Waals surface area contributed by atoms with Gasteiger partial charge in [0.25, 0.3) is 0 Å². The van der Waals surface area contributed by atoms with Crippen LogP contribution in [0.4, 0.5) is 0 Å². The topological polar surface area (TPSA) is 30.0 Å². The number of Topliss-reactive ketones (excluding diaryl/α,β-unsaturated/α-hetero) is 1. The first-order valence-corrected chi connectivity index (χ1v) is 6.63. The Morgan fingerprint density at radius 2 is 1.74 bits per heavy atom. The third-order valence-corrected chi connectivity index (χ3v) is 3.40. The maximum absolute atomic E-state index is 11.9. The van der Waals surface area contributed by atoms with Crippen molar-refractivity contribution in [3.63, 3.8) is 0 Å². The molecule has 0 spiro atoms. The van der Waals surface area contributed by atoms with Crippen LogP contribution in [0, 0.1) is 13.8 Å². The number of aryl methyl sites for hydroxylation is 2. The molecule has 0 aliphatic carbocycles. The van der Waals surface area contributed by atoms with E-state index in [4.69, 9.17) is 4.98 Å². The summed E-state index contributed by atoms with van der Waals surface area (Å²) in [7, 11) is 0. The maximum Gasteiger partial charge on any atom is 0.160 e. The molecule has 2 heteroatoms. The molecule has 0 saturated carbocycles. The Bertz CT molecular complexity index is 663. The van der Waals surface area contributed by atoms with E-state index in [1.54, 1.807) is 6.92 Å². The maximum atomic E-state index is 11.9. The first-order valence-electron chi connectivity index (χ1n) is 6.63. The van der Waals surface area contributed by atoms with E-state index in [0.29, 0.717) is 0 Å². The van der Waals surface area contributed by atoms with E-state index in [2.05, 4.69) is 39.8 Å². The quantitative estimate of drug-likeness (QED) is 0.709. The van der Waals surface area contributed by atoms with Crippen LogP contribution < -0.4 is 0 Å². The number of hydrogen-bond donors (Lipinski definition) is 0. The second-order valence-electron chi connectivity index (χ2n) is 6.34. The molecule has 0 amide bonds. The molecule has 0 radical (unpaired) electrons. The number of nitrogens with zero attached hydrogens (tertiary/aromatic N) is 1. The second-order valence-corrected chi connectivity index (χ2v) is 6.34. The zero-order valence-electron chi connectivity index (χ0n) is 12.6. The van der Waals surface area contributed by atoms with Crippen LogP contribution in [0.3, 0.4) is 0 Å². The van der Waals surface area contributed by atoms with E-state index < -0.39 is 0 Å². The molecule has 0 unspecified atom stereocenters. The number of benzene rings is 1. The predicted molar refractivity (Wildman–Crippen MR) is 79.9 cm³/mol. The van der Waals surface area contributed by atoms with Crippen LogP contribution in [0.5, 0.6) is 0 Å². The average molecular weight is 255 g/mol. The molecule has 1 heterocycles. The van der Waals surface area contributed by atoms with Gasteiger partial charge in [0.15, 0.2) is 5.78 Å². The lowest BCUT2D eigenvalue weighted by molar-refractivity contribution is 0.101. The summed E-state index contributed by atoms with van der Waals surface area (Å²) >= 11 is 0. The lowest BCUT2D eigenvalue weighted by Gasteiger charge is -2.20. The molecule has 0 N–H and O–H groups in total. The number of pyridine rings is 1. The SMILES string of the molecule is CC(=O)c1cc(C(C)(C)C)nc2cc(C)cc(C)c12. The fraction of sp³-hybridized carbons (Fsp3) is 0.412. The third-order valence-electron chi connectivity index (χ3n) is 3.40. The van der Waals surface area contributed by atoms with Gasteiger partial charge in [0, 0.05) is 22.1 Å². The van der Waals surface area contributed by atoms with Gasteiger partial charge in [-0.3, -0.25) is 9.78 Å². The Balaban J connectivity index is 2.92. The number of carbonyl (C=O) groups is 1. The number of ketones is 1. The highest BCUT2D eigenvalue weighted by atomic mass is 16.1. The molecule has 1 aromatic heterocycles. The average Bonchev–Trinajstić information content (AvgIpc) is 2.25. The van der Waals surface area contributed by atoms with Crippen molar-refractivity contribution < 1.29 is 4.79 Å². The van der Waals surface area contributed by atoms with Crippen LogP contribution in [-0.2, 0) is 5.41 Å². The number of hydrogen-bond acceptors (Lipinski definition) is 2. The van der Waals surface area contributed by atoms with E-state index in [1.165, 1.54) is 5.56 Å². The molecule has 0 saturated heterocycles. The Morgan fingerprint density at radius 3 is 2.26 bits per heavy atom. The molecule has 2 nitrogen and oxygen atoms in total. The number of aromatic nitrogens is 1. The van der Waals surface area contributed by atoms with Crippen LogP contribution in [0.25, 0.3) is 10.9 Å². The number of fused-ring (bicyclic) bond motifs is 1. The van der Waals surface area contributed by atoms with Crippen molar-refractivity contribution in [3.05, 3.63) is 40.6 Å². The minimum absolute atomic E-state index is 0.0595. The third kappa shape index (κ3) is 2.53. The van der Waals surface area contributed by atoms with Crippen molar-refractivity contribution in [1.82, 2.24) is 4.98 Å². The van der Waals surface area contributed by atoms with Gasteiger partial charge in [-0.1, -0.05) is 26.8 Å². The molecule has 2 rings (SSSR count). The predicted octanol–water partition coefficient (Wildman–Crippen LogP) is 4.35. The number of rotatable bonds is 1. The zero-order valence-corrected chi connectivity index (χ0v) is 12.6. The van der Waals surface area contributed by atoms with Crippen molar-refractivity contribution in [2.24, 2.45) is 0 Å². The molecule has 0 bridgehead atoms. The van der Waals surface area contributed by atoms with Gasteiger partial charge in [-0.15, -0.1) is 0 Å². The van der Waals surface area contributed by atoms with E-state index in [9.17, 15) is 4.79 Å². The lowest BCUT2D eigenvalue weighted by atomic mass is 9.88. The fourth-order valence-corrected chi connectivity index (χ4v) is 2.42. The molecule has 100 valence electrons. The largest absolute Gasteiger partial charge is 0.294 e. The normalized spacial score (nSPS) is 11.9. The highest BCUT2D eigenvalue weighted by Gasteiger charge is 2.20. The summed E-state index contributed by atoms with van der Waals surface area (Å²) in [6.07, 6.45) is 0. The highest BCUT2D eigenvalue weighted by Crippen LogP contribution is 2.29. The molecular formula is C17H21NO. The molecule has 0 fully saturated rings. The Morgan fingerprint density at radius 1 is 1.11 bits per heavy atom. The molecule has 0 aliphatic rings. The first-order chi connectivity index (χ1) is 8.70. The van der Waals surface area contributed by atoms with Gasteiger partial charge in [0.05, 0.1) is 5.52 Å². The van der Waals surface area contributed by atoms with Gasteiger partial charge in [0.1, 0.15) is 0 Å². The van der Waals surface area contributed by atoms with Gasteiger partial charge in [-0.2, -0.15) is 0 Å². The summed E-state index contributed by atoms with van der Waals surface area (Å²) in [5.41, 5.74) is 4.92. The summed E-state index contributed by atoms with van der Waals surface area (Å²) in [6.45, 7) is 12.1. The van der Waals surface area contributed by atoms with Gasteiger partial charge >= 0.3 is 0 Å². The summed E-state index contributed by atoms with van der Waals surface area (Å²) in [6, 6.07) is 6.12. The van der Waals surface area contributed by atoms with Crippen molar-refractivity contribution >= 4 is 16.7 Å². The minimum atomic E-state index is -0.0595. The van der Waals surface area contributed by atoms with Crippen LogP contribution in [0.15, 0.2) is 18.2 Å². The van der Waals surface area contributed by atoms with Crippen LogP contribution in [0.2, 0.25) is 0 Å². The van der Waals surface area contributed by atoms with E-state index in [0.717, 1.165) is 27.7 Å². The lowest BCUT2D eigenvalue weighted by Crippen LogP contribution is -2.15. The fourth-order valence-electron chi connectivity index (χ4n) is 2.42. The Labute approximate surface area is 114 Å². The molecule has 0 atom stereocenters. The smallest absolute Gasteiger partial charge is 0.160 e. The first kappa shape index (κ1) is 13.7. The standard InChI is InChI=1S/C17H21NO/c1-10-7-11(2)16-13(12(3)19)9-15(17(4,5)6)18-14(16)8-10/h7-9H,1-6H3. The molecular weight excluding hydrogens is 234 g/mol. The Hall–Kier alpha value is -1.70. The van der Waals surface area contributed by atoms with Gasteiger partial charge in [-0.25, -0.2) is 0 Å². The number of carbonyl (C=O) groups excluding carboxylic acids is 1. The van der Waals surface area contributed by atoms with E-state index >= 15 is 0 Å². The monoisotopic (exact) mass is 255 g/mol. The van der Waals surface area contributed by atoms with Crippen molar-refractivity contribution in [2.75, 3.05) is 0 Å². The second kappa shape index (κ2) is 4.44. The molecule has 0 aliphatic heterocycles. The van der Waals surface area contributed by atoms with Crippen molar-refractivity contribution in [1.29, 1.82) is 0 Å². The van der Waals surface area contributed by atoms with Crippen molar-refractivity contribution in [2.45, 2.75) is 47.0 Å².